The molecule has 0 bridgehead atoms. The van der Waals surface area contributed by atoms with E-state index in [0.717, 1.165) is 18.2 Å². The average molecular weight is 310 g/mol. The van der Waals surface area contributed by atoms with Crippen LogP contribution in [0.4, 0.5) is 13.2 Å². The number of halogens is 3. The lowest BCUT2D eigenvalue weighted by Crippen LogP contribution is -2.54. The van der Waals surface area contributed by atoms with Crippen molar-refractivity contribution in [3.63, 3.8) is 0 Å². The monoisotopic (exact) mass is 310 g/mol. The maximum absolute atomic E-state index is 12.6. The Balaban J connectivity index is 3.18. The second kappa shape index (κ2) is 5.34. The van der Waals surface area contributed by atoms with E-state index in [1.807, 2.05) is 0 Å². The van der Waals surface area contributed by atoms with Crippen LogP contribution in [0.3, 0.4) is 0 Å². The smallest absolute Gasteiger partial charge is 0.326 e. The molecule has 0 heterocycles. The van der Waals surface area contributed by atoms with E-state index in [-0.39, 0.29) is 0 Å². The minimum atomic E-state index is -4.60. The standard InChI is InChI=1S/C12H17F3N2O2S/c1-8(16)11(2,3)17-20(18,19)10-6-4-5-9(7-10)12(13,14)15/h4-8,17H,16H2,1-3H3. The quantitative estimate of drug-likeness (QED) is 0.894. The van der Waals surface area contributed by atoms with Crippen LogP contribution in [0.25, 0.3) is 0 Å². The van der Waals surface area contributed by atoms with Crippen molar-refractivity contribution in [2.45, 2.75) is 43.4 Å². The Morgan fingerprint density at radius 2 is 1.80 bits per heavy atom. The second-order valence-electron chi connectivity index (χ2n) is 5.14. The van der Waals surface area contributed by atoms with Crippen molar-refractivity contribution in [2.24, 2.45) is 5.73 Å². The predicted octanol–water partition coefficient (Wildman–Crippen LogP) is 2.11. The van der Waals surface area contributed by atoms with E-state index in [0.29, 0.717) is 6.07 Å². The highest BCUT2D eigenvalue weighted by molar-refractivity contribution is 7.89. The van der Waals surface area contributed by atoms with Crippen LogP contribution >= 0.6 is 0 Å². The highest BCUT2D eigenvalue weighted by Gasteiger charge is 2.33. The molecule has 114 valence electrons. The van der Waals surface area contributed by atoms with Crippen molar-refractivity contribution in [2.75, 3.05) is 0 Å². The molecular weight excluding hydrogens is 293 g/mol. The number of benzene rings is 1. The Hall–Kier alpha value is -1.12. The summed E-state index contributed by atoms with van der Waals surface area (Å²) in [6.07, 6.45) is -4.60. The molecular formula is C12H17F3N2O2S. The Kier molecular flexibility index (Phi) is 4.52. The zero-order valence-corrected chi connectivity index (χ0v) is 12.1. The van der Waals surface area contributed by atoms with Crippen LogP contribution in [0.2, 0.25) is 0 Å². The minimum Gasteiger partial charge on any atom is -0.326 e. The maximum atomic E-state index is 12.6. The van der Waals surface area contributed by atoms with Gasteiger partial charge in [0.25, 0.3) is 0 Å². The number of nitrogens with two attached hydrogens (primary N) is 1. The molecule has 0 aromatic heterocycles. The average Bonchev–Trinajstić information content (AvgIpc) is 2.26. The molecule has 1 aromatic carbocycles. The van der Waals surface area contributed by atoms with E-state index < -0.39 is 38.2 Å². The number of sulfonamides is 1. The van der Waals surface area contributed by atoms with Gasteiger partial charge in [-0.15, -0.1) is 0 Å². The van der Waals surface area contributed by atoms with Crippen molar-refractivity contribution in [1.82, 2.24) is 4.72 Å². The lowest BCUT2D eigenvalue weighted by atomic mass is 9.99. The van der Waals surface area contributed by atoms with Gasteiger partial charge in [0.05, 0.1) is 10.5 Å². The number of hydrogen-bond acceptors (Lipinski definition) is 3. The molecule has 1 atom stereocenters. The van der Waals surface area contributed by atoms with E-state index in [1.54, 1.807) is 20.8 Å². The van der Waals surface area contributed by atoms with Crippen LogP contribution in [0.1, 0.15) is 26.3 Å². The van der Waals surface area contributed by atoms with E-state index in [2.05, 4.69) is 4.72 Å². The van der Waals surface area contributed by atoms with E-state index in [4.69, 9.17) is 5.73 Å². The first-order valence-corrected chi connectivity index (χ1v) is 7.31. The number of alkyl halides is 3. The maximum Gasteiger partial charge on any atom is 0.416 e. The van der Waals surface area contributed by atoms with Crippen LogP contribution in [0.5, 0.6) is 0 Å². The third-order valence-electron chi connectivity index (χ3n) is 3.01. The van der Waals surface area contributed by atoms with Crippen LogP contribution < -0.4 is 10.5 Å². The lowest BCUT2D eigenvalue weighted by Gasteiger charge is -2.29. The summed E-state index contributed by atoms with van der Waals surface area (Å²) in [4.78, 5) is -0.443. The minimum absolute atomic E-state index is 0.443. The summed E-state index contributed by atoms with van der Waals surface area (Å²) in [5.41, 5.74) is 3.65. The van der Waals surface area contributed by atoms with Gasteiger partial charge in [0, 0.05) is 11.6 Å². The first kappa shape index (κ1) is 16.9. The molecule has 0 spiro atoms. The van der Waals surface area contributed by atoms with Gasteiger partial charge in [0.2, 0.25) is 10.0 Å². The summed E-state index contributed by atoms with van der Waals surface area (Å²) in [6.45, 7) is 4.72. The molecule has 0 amide bonds. The van der Waals surface area contributed by atoms with Crippen LogP contribution in [0.15, 0.2) is 29.2 Å². The molecule has 0 radical (unpaired) electrons. The fourth-order valence-corrected chi connectivity index (χ4v) is 2.87. The summed E-state index contributed by atoms with van der Waals surface area (Å²) in [5, 5.41) is 0. The topological polar surface area (TPSA) is 72.2 Å². The molecule has 0 aliphatic heterocycles. The molecule has 4 nitrogen and oxygen atoms in total. The summed E-state index contributed by atoms with van der Waals surface area (Å²) < 4.78 is 64.3. The molecule has 1 rings (SSSR count). The SMILES string of the molecule is CC(N)C(C)(C)NS(=O)(=O)c1cccc(C(F)(F)F)c1. The number of rotatable bonds is 4. The molecule has 0 saturated carbocycles. The zero-order valence-electron chi connectivity index (χ0n) is 11.3. The van der Waals surface area contributed by atoms with Gasteiger partial charge in [0.15, 0.2) is 0 Å². The van der Waals surface area contributed by atoms with Gasteiger partial charge in [-0.3, -0.25) is 0 Å². The van der Waals surface area contributed by atoms with Gasteiger partial charge in [-0.25, -0.2) is 13.1 Å². The molecule has 0 aliphatic carbocycles. The van der Waals surface area contributed by atoms with Crippen LogP contribution in [-0.4, -0.2) is 20.0 Å². The van der Waals surface area contributed by atoms with E-state index in [9.17, 15) is 21.6 Å². The first-order valence-electron chi connectivity index (χ1n) is 5.83. The molecule has 3 N–H and O–H groups in total. The van der Waals surface area contributed by atoms with Gasteiger partial charge in [-0.2, -0.15) is 13.2 Å². The molecule has 0 aliphatic rings. The highest BCUT2D eigenvalue weighted by atomic mass is 32.2. The summed E-state index contributed by atoms with van der Waals surface area (Å²) in [6, 6.07) is 3.06. The van der Waals surface area contributed by atoms with Crippen LogP contribution in [0, 0.1) is 0 Å². The fraction of sp³-hybridized carbons (Fsp3) is 0.500. The Morgan fingerprint density at radius 3 is 2.25 bits per heavy atom. The van der Waals surface area contributed by atoms with Crippen molar-refractivity contribution in [3.8, 4) is 0 Å². The number of nitrogens with one attached hydrogen (secondary N) is 1. The number of hydrogen-bond donors (Lipinski definition) is 2. The normalized spacial score (nSPS) is 15.2. The molecule has 1 aromatic rings. The Morgan fingerprint density at radius 1 is 1.25 bits per heavy atom. The largest absolute Gasteiger partial charge is 0.416 e. The Bertz CT molecular complexity index is 581. The molecule has 20 heavy (non-hydrogen) atoms. The molecule has 0 saturated heterocycles. The van der Waals surface area contributed by atoms with Gasteiger partial charge in [0.1, 0.15) is 0 Å². The molecule has 0 fully saturated rings. The second-order valence-corrected chi connectivity index (χ2v) is 6.82. The van der Waals surface area contributed by atoms with Gasteiger partial charge < -0.3 is 5.73 Å². The third-order valence-corrected chi connectivity index (χ3v) is 4.68. The Labute approximate surface area is 116 Å². The summed E-state index contributed by atoms with van der Waals surface area (Å²) >= 11 is 0. The van der Waals surface area contributed by atoms with Crippen molar-refractivity contribution < 1.29 is 21.6 Å². The fourth-order valence-electron chi connectivity index (χ4n) is 1.34. The van der Waals surface area contributed by atoms with E-state index in [1.165, 1.54) is 0 Å². The van der Waals surface area contributed by atoms with Gasteiger partial charge >= 0.3 is 6.18 Å². The predicted molar refractivity (Wildman–Crippen MR) is 69.5 cm³/mol. The third kappa shape index (κ3) is 3.94. The van der Waals surface area contributed by atoms with E-state index >= 15 is 0 Å². The summed E-state index contributed by atoms with van der Waals surface area (Å²) in [7, 11) is -4.08. The zero-order chi connectivity index (χ0) is 15.8. The first-order chi connectivity index (χ1) is 8.86. The summed E-state index contributed by atoms with van der Waals surface area (Å²) in [5.74, 6) is 0. The van der Waals surface area contributed by atoms with Crippen molar-refractivity contribution >= 4 is 10.0 Å². The van der Waals surface area contributed by atoms with Crippen molar-refractivity contribution in [3.05, 3.63) is 29.8 Å². The molecule has 8 heteroatoms. The van der Waals surface area contributed by atoms with Gasteiger partial charge in [-0.1, -0.05) is 6.07 Å². The highest BCUT2D eigenvalue weighted by Crippen LogP contribution is 2.30. The lowest BCUT2D eigenvalue weighted by molar-refractivity contribution is -0.137. The van der Waals surface area contributed by atoms with Crippen molar-refractivity contribution in [1.29, 1.82) is 0 Å². The molecule has 1 unspecified atom stereocenters. The van der Waals surface area contributed by atoms with Gasteiger partial charge in [-0.05, 0) is 39.0 Å². The van der Waals surface area contributed by atoms with Crippen LogP contribution in [-0.2, 0) is 16.2 Å².